The van der Waals surface area contributed by atoms with E-state index in [1.165, 1.54) is 38.9 Å². The monoisotopic (exact) mass is 831 g/mol. The summed E-state index contributed by atoms with van der Waals surface area (Å²) in [7, 11) is 0. The van der Waals surface area contributed by atoms with Crippen molar-refractivity contribution in [1.82, 2.24) is 0 Å². The molecule has 0 unspecified atom stereocenters. The van der Waals surface area contributed by atoms with E-state index in [0.717, 1.165) is 72.6 Å². The minimum Gasteiger partial charge on any atom is -0.456 e. The number of anilines is 3. The van der Waals surface area contributed by atoms with Crippen LogP contribution in [0.15, 0.2) is 229 Å². The highest BCUT2D eigenvalue weighted by Gasteiger charge is 2.53. The van der Waals surface area contributed by atoms with Crippen molar-refractivity contribution in [3.05, 3.63) is 247 Å². The van der Waals surface area contributed by atoms with Gasteiger partial charge >= 0.3 is 0 Å². The first-order chi connectivity index (χ1) is 32.2. The van der Waals surface area contributed by atoms with Crippen molar-refractivity contribution < 1.29 is 13.9 Å². The number of hydrogen-bond acceptors (Lipinski definition) is 4. The summed E-state index contributed by atoms with van der Waals surface area (Å²) in [6.45, 7) is 0. The average molecular weight is 832 g/mol. The van der Waals surface area contributed by atoms with Crippen LogP contribution in [0, 0.1) is 0 Å². The van der Waals surface area contributed by atoms with Crippen molar-refractivity contribution in [2.24, 2.45) is 0 Å². The van der Waals surface area contributed by atoms with Gasteiger partial charge in [0.25, 0.3) is 0 Å². The summed E-state index contributed by atoms with van der Waals surface area (Å²) in [5, 5.41) is 2.24. The largest absolute Gasteiger partial charge is 0.456 e. The zero-order chi connectivity index (χ0) is 42.6. The third-order valence-corrected chi connectivity index (χ3v) is 13.8. The molecular formula is C61H37NO3. The summed E-state index contributed by atoms with van der Waals surface area (Å²) in [5.74, 6) is 2.86. The maximum atomic E-state index is 7.23. The Morgan fingerprint density at radius 1 is 0.338 bits per heavy atom. The molecule has 0 fully saturated rings. The molecule has 1 aromatic heterocycles. The van der Waals surface area contributed by atoms with Gasteiger partial charge in [-0.1, -0.05) is 164 Å². The summed E-state index contributed by atoms with van der Waals surface area (Å²) in [5.41, 5.74) is 18.5. The smallest absolute Gasteiger partial charge is 0.178 e. The number of para-hydroxylation sites is 4. The second kappa shape index (κ2) is 13.7. The van der Waals surface area contributed by atoms with Crippen molar-refractivity contribution in [3.63, 3.8) is 0 Å². The molecule has 0 N–H and O–H groups in total. The summed E-state index contributed by atoms with van der Waals surface area (Å²) < 4.78 is 20.4. The van der Waals surface area contributed by atoms with Crippen LogP contribution in [0.25, 0.3) is 66.4 Å². The maximum absolute atomic E-state index is 7.23. The molecule has 10 aromatic carbocycles. The number of ether oxygens (including phenoxy) is 2. The third-order valence-electron chi connectivity index (χ3n) is 13.8. The average Bonchev–Trinajstić information content (AvgIpc) is 4.00. The Hall–Kier alpha value is -8.60. The molecule has 0 saturated carbocycles. The fraction of sp³-hybridized carbons (Fsp3) is 0.0164. The van der Waals surface area contributed by atoms with Crippen molar-refractivity contribution in [2.75, 3.05) is 4.90 Å². The van der Waals surface area contributed by atoms with Gasteiger partial charge in [0.15, 0.2) is 23.0 Å². The normalized spacial score (nSPS) is 13.3. The Balaban J connectivity index is 0.871. The van der Waals surface area contributed by atoms with Crippen molar-refractivity contribution in [2.45, 2.75) is 5.41 Å². The molecule has 3 aliphatic rings. The number of hydrogen-bond donors (Lipinski definition) is 0. The van der Waals surface area contributed by atoms with E-state index in [1.807, 2.05) is 24.3 Å². The topological polar surface area (TPSA) is 34.8 Å². The molecule has 4 nitrogen and oxygen atoms in total. The lowest BCUT2D eigenvalue weighted by Crippen LogP contribution is -2.25. The fourth-order valence-corrected chi connectivity index (χ4v) is 11.1. The summed E-state index contributed by atoms with van der Waals surface area (Å²) in [4.78, 5) is 2.33. The molecule has 0 saturated heterocycles. The van der Waals surface area contributed by atoms with Crippen LogP contribution in [0.3, 0.4) is 0 Å². The van der Waals surface area contributed by atoms with Gasteiger partial charge < -0.3 is 18.8 Å². The van der Waals surface area contributed by atoms with E-state index in [0.29, 0.717) is 17.2 Å². The van der Waals surface area contributed by atoms with Gasteiger partial charge in [0.05, 0.1) is 11.1 Å². The molecule has 0 radical (unpaired) electrons. The molecule has 11 aromatic rings. The van der Waals surface area contributed by atoms with Gasteiger partial charge in [0, 0.05) is 38.8 Å². The van der Waals surface area contributed by atoms with E-state index < -0.39 is 5.41 Å². The maximum Gasteiger partial charge on any atom is 0.178 e. The minimum atomic E-state index is -0.476. The lowest BCUT2D eigenvalue weighted by Gasteiger charge is -2.31. The van der Waals surface area contributed by atoms with Crippen molar-refractivity contribution in [1.29, 1.82) is 0 Å². The van der Waals surface area contributed by atoms with Gasteiger partial charge in [0.1, 0.15) is 11.2 Å². The summed E-state index contributed by atoms with van der Waals surface area (Å²) in [6.07, 6.45) is 0. The van der Waals surface area contributed by atoms with Crippen LogP contribution < -0.4 is 14.4 Å². The van der Waals surface area contributed by atoms with Crippen LogP contribution in [0.1, 0.15) is 22.3 Å². The molecule has 14 rings (SSSR count). The van der Waals surface area contributed by atoms with E-state index in [9.17, 15) is 0 Å². The molecule has 304 valence electrons. The van der Waals surface area contributed by atoms with E-state index in [4.69, 9.17) is 13.9 Å². The molecule has 1 aliphatic heterocycles. The van der Waals surface area contributed by atoms with Gasteiger partial charge in [-0.3, -0.25) is 0 Å². The predicted molar refractivity (Wildman–Crippen MR) is 262 cm³/mol. The highest BCUT2D eigenvalue weighted by Crippen LogP contribution is 2.66. The van der Waals surface area contributed by atoms with E-state index >= 15 is 0 Å². The minimum absolute atomic E-state index is 0.476. The third kappa shape index (κ3) is 5.08. The summed E-state index contributed by atoms with van der Waals surface area (Å²) >= 11 is 0. The Morgan fingerprint density at radius 2 is 0.923 bits per heavy atom. The Bertz CT molecular complexity index is 3690. The van der Waals surface area contributed by atoms with Crippen molar-refractivity contribution in [3.8, 4) is 67.5 Å². The lowest BCUT2D eigenvalue weighted by molar-refractivity contribution is 0.361. The Kier molecular flexibility index (Phi) is 7.57. The van der Waals surface area contributed by atoms with Gasteiger partial charge in [-0.15, -0.1) is 0 Å². The molecular weight excluding hydrogens is 795 g/mol. The molecule has 0 bridgehead atoms. The Morgan fingerprint density at radius 3 is 1.71 bits per heavy atom. The molecule has 0 atom stereocenters. The molecule has 65 heavy (non-hydrogen) atoms. The van der Waals surface area contributed by atoms with Gasteiger partial charge in [-0.25, -0.2) is 0 Å². The van der Waals surface area contributed by atoms with Crippen LogP contribution in [0.4, 0.5) is 17.1 Å². The van der Waals surface area contributed by atoms with E-state index in [2.05, 4.69) is 205 Å². The zero-order valence-electron chi connectivity index (χ0n) is 35.0. The SMILES string of the molecule is c1ccc(N(c2ccc(-c3cccc4c3Oc3c(ccc5c3-c3ccccc3C53c5ccccc5-c5ccccc53)O4)cc2)c2ccccc2-c2ccc3c(c2)oc2ccccc23)cc1. The highest BCUT2D eigenvalue weighted by molar-refractivity contribution is 6.06. The first kappa shape index (κ1) is 35.9. The first-order valence-corrected chi connectivity index (χ1v) is 22.2. The second-order valence-corrected chi connectivity index (χ2v) is 17.1. The van der Waals surface area contributed by atoms with Gasteiger partial charge in [-0.05, 0) is 111 Å². The highest BCUT2D eigenvalue weighted by atomic mass is 16.6. The molecule has 1 spiro atoms. The van der Waals surface area contributed by atoms with Crippen LogP contribution in [-0.4, -0.2) is 0 Å². The van der Waals surface area contributed by atoms with E-state index in [1.54, 1.807) is 0 Å². The fourth-order valence-electron chi connectivity index (χ4n) is 11.1. The second-order valence-electron chi connectivity index (χ2n) is 17.1. The first-order valence-electron chi connectivity index (χ1n) is 22.2. The quantitative estimate of drug-likeness (QED) is 0.173. The number of fused-ring (bicyclic) bond motifs is 16. The lowest BCUT2D eigenvalue weighted by atomic mass is 9.70. The zero-order valence-corrected chi connectivity index (χ0v) is 35.0. The van der Waals surface area contributed by atoms with E-state index in [-0.39, 0.29) is 0 Å². The Labute approximate surface area is 375 Å². The van der Waals surface area contributed by atoms with Gasteiger partial charge in [0.2, 0.25) is 0 Å². The number of furan rings is 1. The predicted octanol–water partition coefficient (Wildman–Crippen LogP) is 16.6. The van der Waals surface area contributed by atoms with Crippen molar-refractivity contribution >= 4 is 39.0 Å². The van der Waals surface area contributed by atoms with Crippen LogP contribution in [0.5, 0.6) is 23.0 Å². The van der Waals surface area contributed by atoms with Gasteiger partial charge in [-0.2, -0.15) is 0 Å². The van der Waals surface area contributed by atoms with Crippen LogP contribution >= 0.6 is 0 Å². The number of rotatable bonds is 5. The molecule has 4 heteroatoms. The van der Waals surface area contributed by atoms with Crippen LogP contribution in [-0.2, 0) is 5.41 Å². The number of benzene rings is 10. The molecule has 2 aliphatic carbocycles. The number of nitrogens with zero attached hydrogens (tertiary/aromatic N) is 1. The molecule has 2 heterocycles. The van der Waals surface area contributed by atoms with Crippen LogP contribution in [0.2, 0.25) is 0 Å². The summed E-state index contributed by atoms with van der Waals surface area (Å²) in [6, 6.07) is 79.8. The standard InChI is InChI=1S/C61H37NO3/c1-2-15-40(16-3-1)62(53-26-12-7-17-42(53)39-31-34-47-46-20-8-13-27-54(46)63-57(47)37-39)41-32-29-38(30-33-41)43-22-14-28-55-59(43)65-60-56(64-55)36-35-52-58(60)48-21-6-11-25-51(48)61(52)49-23-9-4-18-44(49)45-19-5-10-24-50(45)61/h1-37H. The molecule has 0 amide bonds.